The maximum Gasteiger partial charge on any atom is 0.317 e. The molecular formula is C17H26F3N3O2. The summed E-state index contributed by atoms with van der Waals surface area (Å²) in [5.74, 6) is -3.71. The third-order valence-corrected chi connectivity index (χ3v) is 3.65. The van der Waals surface area contributed by atoms with Crippen LogP contribution in [-0.2, 0) is 0 Å². The molecule has 0 aliphatic heterocycles. The van der Waals surface area contributed by atoms with Gasteiger partial charge in [0.2, 0.25) is 0 Å². The van der Waals surface area contributed by atoms with Gasteiger partial charge < -0.3 is 19.9 Å². The normalized spacial score (nSPS) is 11.1. The molecular weight excluding hydrogens is 335 g/mol. The van der Waals surface area contributed by atoms with Crippen molar-refractivity contribution >= 4 is 6.03 Å². The summed E-state index contributed by atoms with van der Waals surface area (Å²) in [6.07, 6.45) is 0. The van der Waals surface area contributed by atoms with Gasteiger partial charge in [-0.2, -0.15) is 0 Å². The summed E-state index contributed by atoms with van der Waals surface area (Å²) in [4.78, 5) is 15.7. The van der Waals surface area contributed by atoms with Crippen molar-refractivity contribution in [1.82, 2.24) is 15.1 Å². The predicted molar refractivity (Wildman–Crippen MR) is 90.3 cm³/mol. The van der Waals surface area contributed by atoms with Gasteiger partial charge in [-0.25, -0.2) is 18.0 Å². The molecule has 5 nitrogen and oxygen atoms in total. The van der Waals surface area contributed by atoms with Crippen molar-refractivity contribution in [2.45, 2.75) is 26.8 Å². The van der Waals surface area contributed by atoms with Crippen LogP contribution in [0.4, 0.5) is 18.0 Å². The van der Waals surface area contributed by atoms with Crippen LogP contribution >= 0.6 is 0 Å². The van der Waals surface area contributed by atoms with E-state index >= 15 is 0 Å². The van der Waals surface area contributed by atoms with Gasteiger partial charge in [0.15, 0.2) is 23.2 Å². The molecule has 1 rings (SSSR count). The Bertz CT molecular complexity index is 595. The summed E-state index contributed by atoms with van der Waals surface area (Å²) in [6, 6.07) is 0.316. The summed E-state index contributed by atoms with van der Waals surface area (Å²) in [5, 5.41) is 2.79. The van der Waals surface area contributed by atoms with Crippen LogP contribution in [0.1, 0.15) is 19.4 Å². The van der Waals surface area contributed by atoms with Crippen molar-refractivity contribution in [3.63, 3.8) is 0 Å². The fourth-order valence-electron chi connectivity index (χ4n) is 2.14. The number of halogens is 3. The molecule has 0 aromatic heterocycles. The van der Waals surface area contributed by atoms with Gasteiger partial charge in [0, 0.05) is 30.8 Å². The molecule has 1 aromatic carbocycles. The third-order valence-electron chi connectivity index (χ3n) is 3.65. The van der Waals surface area contributed by atoms with E-state index in [4.69, 9.17) is 4.74 Å². The van der Waals surface area contributed by atoms with E-state index in [2.05, 4.69) is 5.32 Å². The van der Waals surface area contributed by atoms with Gasteiger partial charge in [0.05, 0.1) is 6.54 Å². The second-order valence-corrected chi connectivity index (χ2v) is 6.28. The lowest BCUT2D eigenvalue weighted by atomic mass is 10.2. The van der Waals surface area contributed by atoms with Crippen molar-refractivity contribution in [1.29, 1.82) is 0 Å². The van der Waals surface area contributed by atoms with E-state index in [1.807, 2.05) is 32.8 Å². The average Bonchev–Trinajstić information content (AvgIpc) is 2.53. The minimum absolute atomic E-state index is 0.0410. The summed E-state index contributed by atoms with van der Waals surface area (Å²) >= 11 is 0. The summed E-state index contributed by atoms with van der Waals surface area (Å²) in [7, 11) is 3.80. The molecule has 2 amide bonds. The first-order valence-electron chi connectivity index (χ1n) is 8.11. The first-order chi connectivity index (χ1) is 11.6. The Labute approximate surface area is 146 Å². The Kier molecular flexibility index (Phi) is 8.02. The van der Waals surface area contributed by atoms with Gasteiger partial charge >= 0.3 is 6.03 Å². The minimum atomic E-state index is -1.23. The molecule has 0 heterocycles. The summed E-state index contributed by atoms with van der Waals surface area (Å²) < 4.78 is 45.8. The van der Waals surface area contributed by atoms with Gasteiger partial charge in [-0.3, -0.25) is 0 Å². The lowest BCUT2D eigenvalue weighted by Crippen LogP contribution is -2.47. The van der Waals surface area contributed by atoms with Crippen LogP contribution in [0, 0.1) is 24.4 Å². The molecule has 0 saturated heterocycles. The number of urea groups is 1. The zero-order chi connectivity index (χ0) is 19.1. The summed E-state index contributed by atoms with van der Waals surface area (Å²) in [6.45, 7) is 6.16. The lowest BCUT2D eigenvalue weighted by molar-refractivity contribution is 0.164. The van der Waals surface area contributed by atoms with Crippen LogP contribution in [0.2, 0.25) is 0 Å². The highest BCUT2D eigenvalue weighted by atomic mass is 19.2. The molecule has 0 spiro atoms. The second kappa shape index (κ2) is 9.50. The van der Waals surface area contributed by atoms with Crippen LogP contribution in [-0.4, -0.2) is 62.2 Å². The average molecular weight is 361 g/mol. The highest BCUT2D eigenvalue weighted by Crippen LogP contribution is 2.25. The van der Waals surface area contributed by atoms with Gasteiger partial charge in [-0.05, 0) is 34.9 Å². The van der Waals surface area contributed by atoms with Crippen molar-refractivity contribution in [3.8, 4) is 5.75 Å². The van der Waals surface area contributed by atoms with Crippen molar-refractivity contribution in [2.24, 2.45) is 0 Å². The Balaban J connectivity index is 2.63. The molecule has 0 fully saturated rings. The zero-order valence-electron chi connectivity index (χ0n) is 15.3. The number of carbonyl (C=O) groups is 1. The SMILES string of the molecule is Cc1c(F)c(F)cc(OCCN(C(=O)NCCN(C)C)C(C)C)c1F. The first kappa shape index (κ1) is 21.1. The Morgan fingerprint density at radius 2 is 1.84 bits per heavy atom. The Hall–Kier alpha value is -1.96. The Morgan fingerprint density at radius 3 is 2.40 bits per heavy atom. The van der Waals surface area contributed by atoms with Crippen LogP contribution in [0.3, 0.4) is 0 Å². The van der Waals surface area contributed by atoms with Gasteiger partial charge in [0.25, 0.3) is 0 Å². The number of amides is 2. The van der Waals surface area contributed by atoms with E-state index in [0.717, 1.165) is 6.92 Å². The van der Waals surface area contributed by atoms with Crippen molar-refractivity contribution in [3.05, 3.63) is 29.1 Å². The molecule has 8 heteroatoms. The van der Waals surface area contributed by atoms with Crippen LogP contribution in [0.5, 0.6) is 5.75 Å². The molecule has 142 valence electrons. The number of hydrogen-bond donors (Lipinski definition) is 1. The quantitative estimate of drug-likeness (QED) is 0.724. The number of nitrogens with one attached hydrogen (secondary N) is 1. The van der Waals surface area contributed by atoms with E-state index in [1.54, 1.807) is 0 Å². The summed E-state index contributed by atoms with van der Waals surface area (Å²) in [5.41, 5.74) is -0.433. The second-order valence-electron chi connectivity index (χ2n) is 6.28. The fourth-order valence-corrected chi connectivity index (χ4v) is 2.14. The number of carbonyl (C=O) groups excluding carboxylic acids is 1. The highest BCUT2D eigenvalue weighted by molar-refractivity contribution is 5.74. The lowest BCUT2D eigenvalue weighted by Gasteiger charge is -2.27. The van der Waals surface area contributed by atoms with Crippen LogP contribution in [0.25, 0.3) is 0 Å². The van der Waals surface area contributed by atoms with Crippen LogP contribution in [0.15, 0.2) is 6.07 Å². The molecule has 0 aliphatic carbocycles. The topological polar surface area (TPSA) is 44.8 Å². The standard InChI is InChI=1S/C17H26F3N3O2/c1-11(2)23(17(24)21-6-7-22(4)5)8-9-25-14-10-13(18)15(19)12(3)16(14)20/h10-11H,6-9H2,1-5H3,(H,21,24). The number of ether oxygens (including phenoxy) is 1. The Morgan fingerprint density at radius 1 is 1.20 bits per heavy atom. The monoisotopic (exact) mass is 361 g/mol. The maximum absolute atomic E-state index is 13.9. The number of hydrogen-bond acceptors (Lipinski definition) is 3. The zero-order valence-corrected chi connectivity index (χ0v) is 15.3. The number of nitrogens with zero attached hydrogens (tertiary/aromatic N) is 2. The largest absolute Gasteiger partial charge is 0.489 e. The minimum Gasteiger partial charge on any atom is -0.489 e. The maximum atomic E-state index is 13.9. The van der Waals surface area contributed by atoms with E-state index in [9.17, 15) is 18.0 Å². The predicted octanol–water partition coefficient (Wildman–Crippen LogP) is 2.77. The molecule has 0 radical (unpaired) electrons. The van der Waals surface area contributed by atoms with Crippen molar-refractivity contribution < 1.29 is 22.7 Å². The van der Waals surface area contributed by atoms with E-state index in [0.29, 0.717) is 19.2 Å². The molecule has 0 saturated carbocycles. The molecule has 0 aliphatic rings. The van der Waals surface area contributed by atoms with Gasteiger partial charge in [0.1, 0.15) is 6.61 Å². The van der Waals surface area contributed by atoms with Crippen molar-refractivity contribution in [2.75, 3.05) is 40.3 Å². The smallest absolute Gasteiger partial charge is 0.317 e. The van der Waals surface area contributed by atoms with Gasteiger partial charge in [-0.1, -0.05) is 0 Å². The number of likely N-dealkylation sites (N-methyl/N-ethyl adjacent to an activating group) is 1. The molecule has 0 bridgehead atoms. The molecule has 1 aromatic rings. The van der Waals surface area contributed by atoms with E-state index in [-0.39, 0.29) is 31.0 Å². The van der Waals surface area contributed by atoms with Gasteiger partial charge in [-0.15, -0.1) is 0 Å². The highest BCUT2D eigenvalue weighted by Gasteiger charge is 2.19. The number of benzene rings is 1. The van der Waals surface area contributed by atoms with Crippen LogP contribution < -0.4 is 10.1 Å². The molecule has 25 heavy (non-hydrogen) atoms. The molecule has 1 N–H and O–H groups in total. The van der Waals surface area contributed by atoms with E-state index < -0.39 is 23.0 Å². The molecule has 0 atom stereocenters. The molecule has 0 unspecified atom stereocenters. The fraction of sp³-hybridized carbons (Fsp3) is 0.588. The number of rotatable bonds is 8. The van der Waals surface area contributed by atoms with E-state index in [1.165, 1.54) is 4.90 Å². The first-order valence-corrected chi connectivity index (χ1v) is 8.11. The third kappa shape index (κ3) is 6.12.